The van der Waals surface area contributed by atoms with E-state index in [9.17, 15) is 33.1 Å². The summed E-state index contributed by atoms with van der Waals surface area (Å²) < 4.78 is 43.4. The molecule has 0 saturated carbocycles. The first kappa shape index (κ1) is 26.7. The quantitative estimate of drug-likeness (QED) is 0.156. The molecule has 40 heavy (non-hydrogen) atoms. The summed E-state index contributed by atoms with van der Waals surface area (Å²) in [6.07, 6.45) is -4.49. The topological polar surface area (TPSA) is 148 Å². The van der Waals surface area contributed by atoms with Gasteiger partial charge in [0.1, 0.15) is 18.4 Å². The van der Waals surface area contributed by atoms with Gasteiger partial charge >= 0.3 is 6.36 Å². The molecule has 0 fully saturated rings. The van der Waals surface area contributed by atoms with Crippen molar-refractivity contribution in [1.29, 1.82) is 0 Å². The van der Waals surface area contributed by atoms with Crippen molar-refractivity contribution in [3.05, 3.63) is 75.8 Å². The van der Waals surface area contributed by atoms with E-state index in [1.807, 2.05) is 0 Å². The van der Waals surface area contributed by atoms with E-state index in [2.05, 4.69) is 25.6 Å². The molecule has 5 rings (SSSR count). The molecule has 11 nitrogen and oxygen atoms in total. The number of amides is 2. The number of alkyl halides is 3. The second-order valence-corrected chi connectivity index (χ2v) is 9.23. The van der Waals surface area contributed by atoms with Gasteiger partial charge in [0.25, 0.3) is 11.8 Å². The van der Waals surface area contributed by atoms with Gasteiger partial charge in [-0.25, -0.2) is 0 Å². The van der Waals surface area contributed by atoms with Crippen LogP contribution >= 0.6 is 0 Å². The van der Waals surface area contributed by atoms with E-state index in [4.69, 9.17) is 0 Å². The summed E-state index contributed by atoms with van der Waals surface area (Å²) in [5.41, 5.74) is 3.19. The molecule has 0 bridgehead atoms. The fourth-order valence-electron chi connectivity index (χ4n) is 4.65. The molecule has 2 aromatic heterocycles. The lowest BCUT2D eigenvalue weighted by Crippen LogP contribution is -2.36. The van der Waals surface area contributed by atoms with Crippen molar-refractivity contribution in [3.63, 3.8) is 0 Å². The van der Waals surface area contributed by atoms with Crippen LogP contribution in [-0.4, -0.2) is 50.8 Å². The molecule has 0 radical (unpaired) electrons. The Hall–Kier alpha value is -4.85. The highest BCUT2D eigenvalue weighted by Crippen LogP contribution is 2.37. The maximum atomic E-state index is 13.0. The second kappa shape index (κ2) is 10.0. The van der Waals surface area contributed by atoms with Crippen molar-refractivity contribution in [2.75, 3.05) is 11.9 Å². The van der Waals surface area contributed by atoms with Gasteiger partial charge < -0.3 is 30.7 Å². The summed E-state index contributed by atoms with van der Waals surface area (Å²) in [6, 6.07) is 10.3. The smallest absolute Gasteiger partial charge is 0.573 e. The number of carbonyl (C=O) groups excluding carboxylic acids is 2. The third-order valence-corrected chi connectivity index (χ3v) is 6.44. The second-order valence-electron chi connectivity index (χ2n) is 9.23. The number of nitrogens with one attached hydrogen (secondary N) is 3. The normalized spacial score (nSPS) is 14.8. The molecule has 4 N–H and O–H groups in total. The number of hydrogen-bond donors (Lipinski definition) is 4. The fourth-order valence-corrected chi connectivity index (χ4v) is 4.65. The number of anilines is 1. The van der Waals surface area contributed by atoms with Crippen LogP contribution in [0.5, 0.6) is 5.75 Å². The fraction of sp³-hybridized carbons (Fsp3) is 0.231. The highest BCUT2D eigenvalue weighted by atomic mass is 19.4. The van der Waals surface area contributed by atoms with Crippen molar-refractivity contribution < 1.29 is 37.4 Å². The lowest BCUT2D eigenvalue weighted by Gasteiger charge is -2.10. The molecule has 14 heteroatoms. The summed E-state index contributed by atoms with van der Waals surface area (Å²) in [6.45, 7) is 3.14. The van der Waals surface area contributed by atoms with E-state index in [0.717, 1.165) is 12.1 Å². The number of H-pyrrole nitrogens is 1. The molecular weight excluding hydrogens is 533 g/mol. The monoisotopic (exact) mass is 556 g/mol. The Kier molecular flexibility index (Phi) is 6.71. The minimum absolute atomic E-state index is 0.0347. The first-order chi connectivity index (χ1) is 18.9. The number of benzene rings is 2. The molecule has 0 saturated heterocycles. The standard InChI is InChI=1S/C26H23F3N6O5/c1-13-20(10-18-17-9-16(40-26(27,28)29)7-8-19(17)32-24(18)37)31-14(2)23(13)25(38)30-11-15(36)12-34-21-5-3-4-6-22(21)35(39)33-34/h3-10,15,31,36H,11-12H2,1-2H3,(H,30,38)(H,32,37). The number of nitrogens with zero attached hydrogens (tertiary/aromatic N) is 3. The number of rotatable bonds is 7. The minimum atomic E-state index is -4.89. The van der Waals surface area contributed by atoms with Crippen molar-refractivity contribution in [3.8, 4) is 5.75 Å². The molecule has 0 aliphatic carbocycles. The van der Waals surface area contributed by atoms with Crippen molar-refractivity contribution >= 4 is 40.2 Å². The SMILES string of the molecule is Cc1[nH]c(C=C2C(=O)Nc3ccc(OC(F)(F)F)cc32)c(C)c1C(=O)NCC(O)Cn1n[n+]([O-])c2ccccc21. The number of aromatic amines is 1. The maximum absolute atomic E-state index is 13.0. The first-order valence-electron chi connectivity index (χ1n) is 12.1. The predicted octanol–water partition coefficient (Wildman–Crippen LogP) is 2.80. The van der Waals surface area contributed by atoms with Gasteiger partial charge in [0.2, 0.25) is 5.52 Å². The van der Waals surface area contributed by atoms with Gasteiger partial charge in [0.15, 0.2) is 5.52 Å². The van der Waals surface area contributed by atoms with Gasteiger partial charge in [-0.15, -0.1) is 22.7 Å². The zero-order valence-corrected chi connectivity index (χ0v) is 21.2. The Bertz CT molecular complexity index is 1670. The summed E-state index contributed by atoms with van der Waals surface area (Å²) in [5.74, 6) is -1.48. The molecule has 4 aromatic rings. The number of para-hydroxylation sites is 2. The van der Waals surface area contributed by atoms with Gasteiger partial charge in [-0.1, -0.05) is 12.1 Å². The number of fused-ring (bicyclic) bond motifs is 2. The zero-order valence-electron chi connectivity index (χ0n) is 21.2. The molecule has 2 aromatic carbocycles. The first-order valence-corrected chi connectivity index (χ1v) is 12.1. The Morgan fingerprint density at radius 1 is 1.27 bits per heavy atom. The van der Waals surface area contributed by atoms with Gasteiger partial charge in [-0.3, -0.25) is 9.59 Å². The van der Waals surface area contributed by atoms with Gasteiger partial charge in [0.05, 0.1) is 16.3 Å². The van der Waals surface area contributed by atoms with Crippen LogP contribution in [0.4, 0.5) is 18.9 Å². The average molecular weight is 557 g/mol. The largest absolute Gasteiger partial charge is 0.691 e. The number of aliphatic hydroxyl groups excluding tert-OH is 1. The maximum Gasteiger partial charge on any atom is 0.573 e. The Morgan fingerprint density at radius 3 is 2.77 bits per heavy atom. The van der Waals surface area contributed by atoms with Crippen LogP contribution in [0.3, 0.4) is 0 Å². The Morgan fingerprint density at radius 2 is 2.02 bits per heavy atom. The summed E-state index contributed by atoms with van der Waals surface area (Å²) >= 11 is 0. The van der Waals surface area contributed by atoms with Gasteiger partial charge in [0, 0.05) is 29.2 Å². The molecule has 0 spiro atoms. The molecule has 208 valence electrons. The van der Waals surface area contributed by atoms with Crippen LogP contribution in [0.15, 0.2) is 42.5 Å². The number of ether oxygens (including phenoxy) is 1. The average Bonchev–Trinajstić information content (AvgIpc) is 3.47. The third-order valence-electron chi connectivity index (χ3n) is 6.44. The molecule has 1 aliphatic heterocycles. The van der Waals surface area contributed by atoms with Crippen LogP contribution in [-0.2, 0) is 11.3 Å². The molecule has 1 unspecified atom stereocenters. The van der Waals surface area contributed by atoms with E-state index in [1.54, 1.807) is 38.1 Å². The molecule has 2 amide bonds. The zero-order chi connectivity index (χ0) is 28.8. The Labute approximate surface area is 224 Å². The van der Waals surface area contributed by atoms with E-state index in [1.165, 1.54) is 16.8 Å². The van der Waals surface area contributed by atoms with Crippen LogP contribution in [0.25, 0.3) is 22.7 Å². The highest BCUT2D eigenvalue weighted by molar-refractivity contribution is 6.35. The van der Waals surface area contributed by atoms with Gasteiger partial charge in [-0.2, -0.15) is 0 Å². The number of carbonyl (C=O) groups is 2. The highest BCUT2D eigenvalue weighted by Gasteiger charge is 2.33. The third kappa shape index (κ3) is 5.20. The van der Waals surface area contributed by atoms with E-state index in [-0.39, 0.29) is 29.8 Å². The number of aliphatic hydroxyl groups is 1. The molecule has 3 heterocycles. The van der Waals surface area contributed by atoms with Gasteiger partial charge in [-0.05, 0) is 55.8 Å². The summed E-state index contributed by atoms with van der Waals surface area (Å²) in [7, 11) is 0. The lowest BCUT2D eigenvalue weighted by atomic mass is 10.0. The van der Waals surface area contributed by atoms with Crippen molar-refractivity contribution in [2.45, 2.75) is 32.9 Å². The van der Waals surface area contributed by atoms with E-state index < -0.39 is 30.0 Å². The Balaban J connectivity index is 1.32. The summed E-state index contributed by atoms with van der Waals surface area (Å²) in [5, 5.41) is 31.5. The number of hydrogen-bond acceptors (Lipinski definition) is 6. The molecule has 1 aliphatic rings. The van der Waals surface area contributed by atoms with E-state index in [0.29, 0.717) is 38.5 Å². The lowest BCUT2D eigenvalue weighted by molar-refractivity contribution is -0.646. The summed E-state index contributed by atoms with van der Waals surface area (Å²) in [4.78, 5) is 29.1. The number of aromatic nitrogens is 4. The van der Waals surface area contributed by atoms with Crippen LogP contribution in [0.2, 0.25) is 0 Å². The van der Waals surface area contributed by atoms with Crippen LogP contribution < -0.4 is 20.2 Å². The molecular formula is C26H23F3N6O5. The number of halogens is 3. The predicted molar refractivity (Wildman–Crippen MR) is 137 cm³/mol. The van der Waals surface area contributed by atoms with Crippen LogP contribution in [0.1, 0.15) is 32.9 Å². The van der Waals surface area contributed by atoms with Crippen molar-refractivity contribution in [2.24, 2.45) is 0 Å². The van der Waals surface area contributed by atoms with Crippen LogP contribution in [0, 0.1) is 19.1 Å². The van der Waals surface area contributed by atoms with Crippen molar-refractivity contribution in [1.82, 2.24) is 20.2 Å². The van der Waals surface area contributed by atoms with E-state index >= 15 is 0 Å². The number of aryl methyl sites for hydroxylation is 1. The minimum Gasteiger partial charge on any atom is -0.691 e. The molecule has 1 atom stereocenters.